The minimum absolute atomic E-state index is 0.0588. The lowest BCUT2D eigenvalue weighted by molar-refractivity contribution is 0.0472. The van der Waals surface area contributed by atoms with Crippen molar-refractivity contribution in [1.82, 2.24) is 4.98 Å². The van der Waals surface area contributed by atoms with Gasteiger partial charge in [-0.3, -0.25) is 4.98 Å². The Bertz CT molecular complexity index is 647. The standard InChI is InChI=1S/C15H15FN2O3/c1-2-20-14-4-3-11(6-13(14)17)15(19)21-9-10-5-12(16)8-18-7-10/h3-8H,2,9,17H2,1H3. The average Bonchev–Trinajstić information content (AvgIpc) is 2.47. The highest BCUT2D eigenvalue weighted by molar-refractivity contribution is 5.91. The van der Waals surface area contributed by atoms with Crippen molar-refractivity contribution in [2.75, 3.05) is 12.3 Å². The summed E-state index contributed by atoms with van der Waals surface area (Å²) >= 11 is 0. The summed E-state index contributed by atoms with van der Waals surface area (Å²) in [4.78, 5) is 15.6. The largest absolute Gasteiger partial charge is 0.492 e. The Hall–Kier alpha value is -2.63. The fraction of sp³-hybridized carbons (Fsp3) is 0.200. The van der Waals surface area contributed by atoms with E-state index in [1.54, 1.807) is 12.1 Å². The van der Waals surface area contributed by atoms with Crippen LogP contribution >= 0.6 is 0 Å². The fourth-order valence-corrected chi connectivity index (χ4v) is 1.73. The van der Waals surface area contributed by atoms with Crippen LogP contribution in [0.5, 0.6) is 5.75 Å². The van der Waals surface area contributed by atoms with Gasteiger partial charge < -0.3 is 15.2 Å². The van der Waals surface area contributed by atoms with Gasteiger partial charge in [0.15, 0.2) is 0 Å². The highest BCUT2D eigenvalue weighted by Gasteiger charge is 2.10. The number of benzene rings is 1. The van der Waals surface area contributed by atoms with Crippen molar-refractivity contribution >= 4 is 11.7 Å². The van der Waals surface area contributed by atoms with Crippen LogP contribution in [0.1, 0.15) is 22.8 Å². The third-order valence-electron chi connectivity index (χ3n) is 2.68. The fourth-order valence-electron chi connectivity index (χ4n) is 1.73. The maximum atomic E-state index is 13.0. The first-order chi connectivity index (χ1) is 10.1. The number of pyridine rings is 1. The molecule has 0 amide bonds. The summed E-state index contributed by atoms with van der Waals surface area (Å²) in [6.45, 7) is 2.27. The van der Waals surface area contributed by atoms with E-state index in [2.05, 4.69) is 4.98 Å². The van der Waals surface area contributed by atoms with Crippen LogP contribution in [0.3, 0.4) is 0 Å². The van der Waals surface area contributed by atoms with Crippen molar-refractivity contribution in [3.05, 3.63) is 53.6 Å². The number of carbonyl (C=O) groups excluding carboxylic acids is 1. The topological polar surface area (TPSA) is 74.4 Å². The average molecular weight is 290 g/mol. The number of ether oxygens (including phenoxy) is 2. The van der Waals surface area contributed by atoms with Gasteiger partial charge in [0.2, 0.25) is 0 Å². The second-order valence-electron chi connectivity index (χ2n) is 4.27. The molecule has 5 nitrogen and oxygen atoms in total. The zero-order valence-electron chi connectivity index (χ0n) is 11.5. The van der Waals surface area contributed by atoms with Crippen LogP contribution in [0.25, 0.3) is 0 Å². The second kappa shape index (κ2) is 6.69. The van der Waals surface area contributed by atoms with Crippen LogP contribution < -0.4 is 10.5 Å². The van der Waals surface area contributed by atoms with Crippen LogP contribution in [0, 0.1) is 5.82 Å². The molecule has 0 bridgehead atoms. The summed E-state index contributed by atoms with van der Waals surface area (Å²) in [5, 5.41) is 0. The van der Waals surface area contributed by atoms with E-state index in [4.69, 9.17) is 15.2 Å². The van der Waals surface area contributed by atoms with Crippen LogP contribution in [0.15, 0.2) is 36.7 Å². The second-order valence-corrected chi connectivity index (χ2v) is 4.27. The van der Waals surface area contributed by atoms with Gasteiger partial charge >= 0.3 is 5.97 Å². The maximum Gasteiger partial charge on any atom is 0.338 e. The number of nitrogens with two attached hydrogens (primary N) is 1. The number of nitrogen functional groups attached to an aromatic ring is 1. The van der Waals surface area contributed by atoms with Crippen molar-refractivity contribution < 1.29 is 18.7 Å². The Kier molecular flexibility index (Phi) is 4.71. The Balaban J connectivity index is 2.02. The van der Waals surface area contributed by atoms with Crippen molar-refractivity contribution in [3.63, 3.8) is 0 Å². The quantitative estimate of drug-likeness (QED) is 0.676. The number of nitrogens with zero attached hydrogens (tertiary/aromatic N) is 1. The lowest BCUT2D eigenvalue weighted by Gasteiger charge is -2.09. The summed E-state index contributed by atoms with van der Waals surface area (Å²) in [5.74, 6) is -0.508. The number of halogens is 1. The monoisotopic (exact) mass is 290 g/mol. The predicted octanol–water partition coefficient (Wildman–Crippen LogP) is 2.56. The summed E-state index contributed by atoms with van der Waals surface area (Å²) in [6, 6.07) is 5.91. The molecular formula is C15H15FN2O3. The summed E-state index contributed by atoms with van der Waals surface area (Å²) in [6.07, 6.45) is 2.52. The van der Waals surface area contributed by atoms with Crippen LogP contribution in [-0.2, 0) is 11.3 Å². The predicted molar refractivity (Wildman–Crippen MR) is 75.3 cm³/mol. The Morgan fingerprint density at radius 1 is 1.33 bits per heavy atom. The van der Waals surface area contributed by atoms with E-state index < -0.39 is 11.8 Å². The van der Waals surface area contributed by atoms with Gasteiger partial charge in [-0.05, 0) is 31.2 Å². The Labute approximate surface area is 121 Å². The zero-order valence-corrected chi connectivity index (χ0v) is 11.5. The van der Waals surface area contributed by atoms with Gasteiger partial charge in [0.05, 0.1) is 24.1 Å². The molecule has 1 aromatic heterocycles. The molecule has 21 heavy (non-hydrogen) atoms. The molecule has 2 aromatic rings. The van der Waals surface area contributed by atoms with Crippen LogP contribution in [0.2, 0.25) is 0 Å². The lowest BCUT2D eigenvalue weighted by Crippen LogP contribution is -2.07. The third kappa shape index (κ3) is 3.92. The van der Waals surface area contributed by atoms with Crippen molar-refractivity contribution in [1.29, 1.82) is 0 Å². The smallest absolute Gasteiger partial charge is 0.338 e. The van der Waals surface area contributed by atoms with E-state index in [1.807, 2.05) is 6.92 Å². The Morgan fingerprint density at radius 3 is 2.81 bits per heavy atom. The first-order valence-corrected chi connectivity index (χ1v) is 6.39. The number of rotatable bonds is 5. The molecule has 0 aliphatic heterocycles. The maximum absolute atomic E-state index is 13.0. The van der Waals surface area contributed by atoms with Gasteiger partial charge in [-0.2, -0.15) is 0 Å². The highest BCUT2D eigenvalue weighted by Crippen LogP contribution is 2.23. The van der Waals surface area contributed by atoms with E-state index in [0.29, 0.717) is 29.2 Å². The van der Waals surface area contributed by atoms with Gasteiger partial charge in [0, 0.05) is 11.8 Å². The van der Waals surface area contributed by atoms with E-state index in [1.165, 1.54) is 18.3 Å². The third-order valence-corrected chi connectivity index (χ3v) is 2.68. The zero-order chi connectivity index (χ0) is 15.2. The molecule has 1 heterocycles. The molecule has 110 valence electrons. The number of hydrogen-bond acceptors (Lipinski definition) is 5. The van der Waals surface area contributed by atoms with Gasteiger partial charge in [0.25, 0.3) is 0 Å². The molecule has 0 fully saturated rings. The molecular weight excluding hydrogens is 275 g/mol. The Morgan fingerprint density at radius 2 is 2.14 bits per heavy atom. The molecule has 0 saturated heterocycles. The molecule has 0 radical (unpaired) electrons. The van der Waals surface area contributed by atoms with Crippen molar-refractivity contribution in [2.45, 2.75) is 13.5 Å². The first-order valence-electron chi connectivity index (χ1n) is 6.39. The number of hydrogen-bond donors (Lipinski definition) is 1. The number of anilines is 1. The highest BCUT2D eigenvalue weighted by atomic mass is 19.1. The van der Waals surface area contributed by atoms with E-state index >= 15 is 0 Å². The summed E-state index contributed by atoms with van der Waals surface area (Å²) in [7, 11) is 0. The van der Waals surface area contributed by atoms with Gasteiger partial charge in [-0.25, -0.2) is 9.18 Å². The van der Waals surface area contributed by atoms with E-state index in [9.17, 15) is 9.18 Å². The molecule has 2 rings (SSSR count). The molecule has 6 heteroatoms. The van der Waals surface area contributed by atoms with E-state index in [0.717, 1.165) is 6.20 Å². The van der Waals surface area contributed by atoms with Gasteiger partial charge in [-0.1, -0.05) is 0 Å². The molecule has 0 atom stereocenters. The van der Waals surface area contributed by atoms with Crippen molar-refractivity contribution in [2.24, 2.45) is 0 Å². The SMILES string of the molecule is CCOc1ccc(C(=O)OCc2cncc(F)c2)cc1N. The molecule has 0 saturated carbocycles. The molecule has 1 aromatic carbocycles. The van der Waals surface area contributed by atoms with Gasteiger partial charge in [-0.15, -0.1) is 0 Å². The number of esters is 1. The summed E-state index contributed by atoms with van der Waals surface area (Å²) < 4.78 is 23.3. The first kappa shape index (κ1) is 14.8. The molecule has 0 aliphatic carbocycles. The number of aromatic nitrogens is 1. The molecule has 0 unspecified atom stereocenters. The van der Waals surface area contributed by atoms with Crippen LogP contribution in [-0.4, -0.2) is 17.6 Å². The minimum atomic E-state index is -0.547. The minimum Gasteiger partial charge on any atom is -0.492 e. The molecule has 0 aliphatic rings. The van der Waals surface area contributed by atoms with Crippen molar-refractivity contribution in [3.8, 4) is 5.75 Å². The van der Waals surface area contributed by atoms with Gasteiger partial charge in [0.1, 0.15) is 18.2 Å². The summed E-state index contributed by atoms with van der Waals surface area (Å²) in [5.41, 5.74) is 6.92. The van der Waals surface area contributed by atoms with Crippen LogP contribution in [0.4, 0.5) is 10.1 Å². The molecule has 2 N–H and O–H groups in total. The van der Waals surface area contributed by atoms with E-state index in [-0.39, 0.29) is 6.61 Å². The number of carbonyl (C=O) groups is 1. The normalized spacial score (nSPS) is 10.2. The molecule has 0 spiro atoms. The lowest BCUT2D eigenvalue weighted by atomic mass is 10.2.